The van der Waals surface area contributed by atoms with Crippen LogP contribution in [0.25, 0.3) is 10.9 Å². The van der Waals surface area contributed by atoms with Crippen molar-refractivity contribution in [2.45, 2.75) is 19.1 Å². The van der Waals surface area contributed by atoms with Crippen LogP contribution in [0.1, 0.15) is 29.7 Å². The minimum Gasteiger partial charge on any atom is -0.301 e. The topological polar surface area (TPSA) is 19.4 Å². The molecule has 3 aromatic rings. The number of nitrogens with zero attached hydrogens (tertiary/aromatic N) is 3. The van der Waals surface area contributed by atoms with Crippen molar-refractivity contribution in [2.24, 2.45) is 0 Å². The highest BCUT2D eigenvalue weighted by Gasteiger charge is 2.31. The first-order valence-corrected chi connectivity index (χ1v) is 9.94. The van der Waals surface area contributed by atoms with Crippen LogP contribution in [0.5, 0.6) is 0 Å². The molecule has 29 heavy (non-hydrogen) atoms. The van der Waals surface area contributed by atoms with Gasteiger partial charge in [0.15, 0.2) is 0 Å². The second kappa shape index (κ2) is 8.13. The van der Waals surface area contributed by atoms with Crippen molar-refractivity contribution >= 4 is 10.9 Å². The van der Waals surface area contributed by atoms with E-state index in [-0.39, 0.29) is 6.04 Å². The Bertz CT molecular complexity index is 961. The van der Waals surface area contributed by atoms with Gasteiger partial charge in [0.2, 0.25) is 0 Å². The molecule has 1 atom stereocenters. The van der Waals surface area contributed by atoms with Gasteiger partial charge < -0.3 is 4.90 Å². The Hall–Kier alpha value is -2.44. The predicted molar refractivity (Wildman–Crippen MR) is 109 cm³/mol. The van der Waals surface area contributed by atoms with Crippen molar-refractivity contribution in [1.29, 1.82) is 0 Å². The van der Waals surface area contributed by atoms with Crippen molar-refractivity contribution in [3.63, 3.8) is 0 Å². The van der Waals surface area contributed by atoms with Crippen molar-refractivity contribution in [1.82, 2.24) is 14.8 Å². The standard InChI is InChI=1S/C23H24F3N3/c1-2-28-12-14-29(15-13-28)22(18-7-9-20(10-8-18)23(24,25)26)19-6-5-17-4-3-11-27-21(17)16-19/h3-11,16,22H,2,12-15H2,1H3. The van der Waals surface area contributed by atoms with Gasteiger partial charge in [0, 0.05) is 37.8 Å². The van der Waals surface area contributed by atoms with Crippen LogP contribution in [-0.2, 0) is 6.18 Å². The molecular weight excluding hydrogens is 375 g/mol. The summed E-state index contributed by atoms with van der Waals surface area (Å²) in [6.07, 6.45) is -2.56. The van der Waals surface area contributed by atoms with Crippen LogP contribution in [0.4, 0.5) is 13.2 Å². The molecule has 1 aromatic heterocycles. The number of likely N-dealkylation sites (N-methyl/N-ethyl adjacent to an activating group) is 1. The van der Waals surface area contributed by atoms with Crippen LogP contribution in [0.3, 0.4) is 0 Å². The van der Waals surface area contributed by atoms with Crippen LogP contribution in [0.15, 0.2) is 60.8 Å². The van der Waals surface area contributed by atoms with Gasteiger partial charge in [0.25, 0.3) is 0 Å². The summed E-state index contributed by atoms with van der Waals surface area (Å²) in [6, 6.07) is 15.6. The Morgan fingerprint density at radius 2 is 1.62 bits per heavy atom. The minimum absolute atomic E-state index is 0.0947. The number of halogens is 3. The smallest absolute Gasteiger partial charge is 0.301 e. The molecule has 6 heteroatoms. The number of aromatic nitrogens is 1. The number of rotatable bonds is 4. The van der Waals surface area contributed by atoms with E-state index in [9.17, 15) is 13.2 Å². The number of piperazine rings is 1. The zero-order valence-corrected chi connectivity index (χ0v) is 16.4. The summed E-state index contributed by atoms with van der Waals surface area (Å²) in [7, 11) is 0. The maximum Gasteiger partial charge on any atom is 0.416 e. The van der Waals surface area contributed by atoms with Gasteiger partial charge in [0.05, 0.1) is 17.1 Å². The summed E-state index contributed by atoms with van der Waals surface area (Å²) in [5, 5.41) is 1.05. The van der Waals surface area contributed by atoms with Crippen LogP contribution >= 0.6 is 0 Å². The minimum atomic E-state index is -4.33. The van der Waals surface area contributed by atoms with E-state index in [1.807, 2.05) is 18.2 Å². The largest absolute Gasteiger partial charge is 0.416 e. The number of benzene rings is 2. The first-order valence-electron chi connectivity index (χ1n) is 9.94. The number of alkyl halides is 3. The highest BCUT2D eigenvalue weighted by atomic mass is 19.4. The second-order valence-electron chi connectivity index (χ2n) is 7.45. The normalized spacial score (nSPS) is 17.5. The van der Waals surface area contributed by atoms with Gasteiger partial charge in [-0.1, -0.05) is 37.3 Å². The average molecular weight is 399 g/mol. The number of hydrogen-bond acceptors (Lipinski definition) is 3. The fraction of sp³-hybridized carbons (Fsp3) is 0.348. The van der Waals surface area contributed by atoms with Crippen LogP contribution in [0, 0.1) is 0 Å². The lowest BCUT2D eigenvalue weighted by Gasteiger charge is -2.39. The molecule has 2 aromatic carbocycles. The first kappa shape index (κ1) is 19.9. The molecular formula is C23H24F3N3. The Labute approximate surface area is 168 Å². The van der Waals surface area contributed by atoms with Gasteiger partial charge in [-0.15, -0.1) is 0 Å². The van der Waals surface area contributed by atoms with Crippen molar-refractivity contribution < 1.29 is 13.2 Å². The van der Waals surface area contributed by atoms with E-state index in [0.717, 1.165) is 54.8 Å². The molecule has 0 aliphatic carbocycles. The van der Waals surface area contributed by atoms with E-state index in [4.69, 9.17) is 0 Å². The zero-order chi connectivity index (χ0) is 20.4. The zero-order valence-electron chi connectivity index (χ0n) is 16.4. The fourth-order valence-electron chi connectivity index (χ4n) is 4.06. The Morgan fingerprint density at radius 3 is 2.28 bits per heavy atom. The molecule has 1 aliphatic rings. The summed E-state index contributed by atoms with van der Waals surface area (Å²) in [5.41, 5.74) is 2.21. The second-order valence-corrected chi connectivity index (χ2v) is 7.45. The summed E-state index contributed by atoms with van der Waals surface area (Å²) >= 11 is 0. The van der Waals surface area contributed by atoms with Gasteiger partial charge in [-0.05, 0) is 41.9 Å². The number of fused-ring (bicyclic) bond motifs is 1. The van der Waals surface area contributed by atoms with Crippen molar-refractivity contribution in [2.75, 3.05) is 32.7 Å². The van der Waals surface area contributed by atoms with Gasteiger partial charge in [0.1, 0.15) is 0 Å². The monoisotopic (exact) mass is 399 g/mol. The Balaban J connectivity index is 1.72. The van der Waals surface area contributed by atoms with Crippen LogP contribution < -0.4 is 0 Å². The van der Waals surface area contributed by atoms with E-state index >= 15 is 0 Å². The maximum atomic E-state index is 13.0. The van der Waals surface area contributed by atoms with Crippen LogP contribution in [0.2, 0.25) is 0 Å². The summed E-state index contributed by atoms with van der Waals surface area (Å²) < 4.78 is 39.1. The molecule has 1 saturated heterocycles. The quantitative estimate of drug-likeness (QED) is 0.617. The molecule has 0 N–H and O–H groups in total. The van der Waals surface area contributed by atoms with Gasteiger partial charge in [-0.25, -0.2) is 0 Å². The first-order chi connectivity index (χ1) is 14.0. The lowest BCUT2D eigenvalue weighted by molar-refractivity contribution is -0.137. The lowest BCUT2D eigenvalue weighted by atomic mass is 9.94. The van der Waals surface area contributed by atoms with Gasteiger partial charge in [-0.3, -0.25) is 9.88 Å². The van der Waals surface area contributed by atoms with Gasteiger partial charge in [-0.2, -0.15) is 13.2 Å². The third-order valence-corrected chi connectivity index (χ3v) is 5.72. The fourth-order valence-corrected chi connectivity index (χ4v) is 4.06. The molecule has 1 fully saturated rings. The highest BCUT2D eigenvalue weighted by Crippen LogP contribution is 2.34. The van der Waals surface area contributed by atoms with E-state index in [1.54, 1.807) is 18.3 Å². The number of pyridine rings is 1. The van der Waals surface area contributed by atoms with Crippen LogP contribution in [-0.4, -0.2) is 47.5 Å². The summed E-state index contributed by atoms with van der Waals surface area (Å²) in [6.45, 7) is 6.83. The molecule has 1 unspecified atom stereocenters. The molecule has 0 amide bonds. The SMILES string of the molecule is CCN1CCN(C(c2ccc(C(F)(F)F)cc2)c2ccc3cccnc3c2)CC1. The molecule has 152 valence electrons. The van der Waals surface area contributed by atoms with Gasteiger partial charge >= 0.3 is 6.18 Å². The molecule has 4 rings (SSSR count). The lowest BCUT2D eigenvalue weighted by Crippen LogP contribution is -2.47. The van der Waals surface area contributed by atoms with E-state index < -0.39 is 11.7 Å². The van der Waals surface area contributed by atoms with E-state index in [0.29, 0.717) is 0 Å². The maximum absolute atomic E-state index is 13.0. The predicted octanol–water partition coefficient (Wildman–Crippen LogP) is 4.98. The third-order valence-electron chi connectivity index (χ3n) is 5.72. The highest BCUT2D eigenvalue weighted by molar-refractivity contribution is 5.79. The number of hydrogen-bond donors (Lipinski definition) is 0. The molecule has 2 heterocycles. The molecule has 0 saturated carbocycles. The van der Waals surface area contributed by atoms with Crippen molar-refractivity contribution in [3.8, 4) is 0 Å². The summed E-state index contributed by atoms with van der Waals surface area (Å²) in [4.78, 5) is 9.21. The van der Waals surface area contributed by atoms with E-state index in [2.05, 4.69) is 33.8 Å². The molecule has 0 bridgehead atoms. The molecule has 3 nitrogen and oxygen atoms in total. The Morgan fingerprint density at radius 1 is 0.931 bits per heavy atom. The van der Waals surface area contributed by atoms with E-state index in [1.165, 1.54) is 12.1 Å². The molecule has 1 aliphatic heterocycles. The molecule has 0 spiro atoms. The average Bonchev–Trinajstić information content (AvgIpc) is 2.74. The Kier molecular flexibility index (Phi) is 5.56. The molecule has 0 radical (unpaired) electrons. The summed E-state index contributed by atoms with van der Waals surface area (Å²) in [5.74, 6) is 0. The van der Waals surface area contributed by atoms with Crippen molar-refractivity contribution in [3.05, 3.63) is 77.5 Å². The third kappa shape index (κ3) is 4.28.